The van der Waals surface area contributed by atoms with E-state index in [1.165, 1.54) is 11.3 Å². The van der Waals surface area contributed by atoms with Crippen LogP contribution in [0, 0.1) is 0 Å². The molecule has 1 atom stereocenters. The van der Waals surface area contributed by atoms with Gasteiger partial charge in [0, 0.05) is 18.8 Å². The molecule has 0 fully saturated rings. The zero-order valence-corrected chi connectivity index (χ0v) is 15.7. The van der Waals surface area contributed by atoms with E-state index in [9.17, 15) is 9.59 Å². The predicted molar refractivity (Wildman–Crippen MR) is 102 cm³/mol. The third kappa shape index (κ3) is 5.98. The maximum atomic E-state index is 12.0. The van der Waals surface area contributed by atoms with Gasteiger partial charge in [0.2, 0.25) is 5.91 Å². The molecule has 1 unspecified atom stereocenters. The van der Waals surface area contributed by atoms with Crippen molar-refractivity contribution in [1.82, 2.24) is 10.6 Å². The fraction of sp³-hybridized carbons (Fsp3) is 0.294. The molecule has 24 heavy (non-hydrogen) atoms. The van der Waals surface area contributed by atoms with Crippen LogP contribution in [0.25, 0.3) is 0 Å². The molecule has 2 amide bonds. The summed E-state index contributed by atoms with van der Waals surface area (Å²) in [4.78, 5) is 24.6. The monoisotopic (exact) mass is 409 g/mol. The minimum absolute atomic E-state index is 0.182. The van der Waals surface area contributed by atoms with Gasteiger partial charge in [0.1, 0.15) is 6.04 Å². The van der Waals surface area contributed by atoms with E-state index in [4.69, 9.17) is 0 Å². The van der Waals surface area contributed by atoms with Gasteiger partial charge in [-0.3, -0.25) is 9.59 Å². The SMILES string of the molecule is CC(NC(=O)c1ccc(Br)s1)C(=O)NCCCNc1ccccc1. The largest absolute Gasteiger partial charge is 0.385 e. The first-order valence-corrected chi connectivity index (χ1v) is 9.30. The Morgan fingerprint density at radius 3 is 2.54 bits per heavy atom. The van der Waals surface area contributed by atoms with Gasteiger partial charge >= 0.3 is 0 Å². The highest BCUT2D eigenvalue weighted by atomic mass is 79.9. The van der Waals surface area contributed by atoms with Gasteiger partial charge in [-0.1, -0.05) is 18.2 Å². The lowest BCUT2D eigenvalue weighted by Crippen LogP contribution is -2.45. The summed E-state index contributed by atoms with van der Waals surface area (Å²) in [5.41, 5.74) is 1.06. The van der Waals surface area contributed by atoms with Crippen LogP contribution >= 0.6 is 27.3 Å². The summed E-state index contributed by atoms with van der Waals surface area (Å²) < 4.78 is 0.885. The lowest BCUT2D eigenvalue weighted by molar-refractivity contribution is -0.122. The van der Waals surface area contributed by atoms with Crippen LogP contribution in [0.5, 0.6) is 0 Å². The Bertz CT molecular complexity index is 675. The summed E-state index contributed by atoms with van der Waals surface area (Å²) in [6, 6.07) is 12.9. The number of hydrogen-bond acceptors (Lipinski definition) is 4. The van der Waals surface area contributed by atoms with E-state index in [2.05, 4.69) is 31.9 Å². The fourth-order valence-electron chi connectivity index (χ4n) is 2.01. The summed E-state index contributed by atoms with van der Waals surface area (Å²) in [5, 5.41) is 8.81. The first-order valence-electron chi connectivity index (χ1n) is 7.69. The molecule has 0 radical (unpaired) electrons. The second-order valence-corrected chi connectivity index (χ2v) is 7.70. The molecule has 128 valence electrons. The van der Waals surface area contributed by atoms with Crippen molar-refractivity contribution >= 4 is 44.8 Å². The highest BCUT2D eigenvalue weighted by Gasteiger charge is 2.17. The quantitative estimate of drug-likeness (QED) is 0.586. The summed E-state index contributed by atoms with van der Waals surface area (Å²) in [6.45, 7) is 3.01. The Balaban J connectivity index is 1.63. The topological polar surface area (TPSA) is 70.2 Å². The van der Waals surface area contributed by atoms with Crippen LogP contribution in [-0.2, 0) is 4.79 Å². The number of carbonyl (C=O) groups is 2. The molecular weight excluding hydrogens is 390 g/mol. The third-order valence-corrected chi connectivity index (χ3v) is 4.92. The number of amides is 2. The van der Waals surface area contributed by atoms with Crippen molar-refractivity contribution < 1.29 is 9.59 Å². The van der Waals surface area contributed by atoms with Gasteiger partial charge in [-0.05, 0) is 53.5 Å². The minimum atomic E-state index is -0.569. The summed E-state index contributed by atoms with van der Waals surface area (Å²) in [5.74, 6) is -0.419. The zero-order chi connectivity index (χ0) is 17.4. The standard InChI is InChI=1S/C17H20BrN3O2S/c1-12(21-17(23)14-8-9-15(18)24-14)16(22)20-11-5-10-19-13-6-3-2-4-7-13/h2-4,6-9,12,19H,5,10-11H2,1H3,(H,20,22)(H,21,23). The van der Waals surface area contributed by atoms with Crippen molar-refractivity contribution in [3.05, 3.63) is 51.1 Å². The van der Waals surface area contributed by atoms with E-state index < -0.39 is 6.04 Å². The number of benzene rings is 1. The molecule has 3 N–H and O–H groups in total. The lowest BCUT2D eigenvalue weighted by Gasteiger charge is -2.14. The Kier molecular flexibility index (Phi) is 7.27. The summed E-state index contributed by atoms with van der Waals surface area (Å²) in [6.07, 6.45) is 0.805. The molecule has 0 saturated carbocycles. The normalized spacial score (nSPS) is 11.6. The zero-order valence-electron chi connectivity index (χ0n) is 13.3. The molecule has 1 aromatic heterocycles. The van der Waals surface area contributed by atoms with E-state index in [-0.39, 0.29) is 11.8 Å². The maximum absolute atomic E-state index is 12.0. The van der Waals surface area contributed by atoms with Gasteiger partial charge in [-0.25, -0.2) is 0 Å². The Morgan fingerprint density at radius 2 is 1.88 bits per heavy atom. The second kappa shape index (κ2) is 9.44. The first kappa shape index (κ1) is 18.5. The Hall–Kier alpha value is -1.86. The van der Waals surface area contributed by atoms with Crippen LogP contribution in [-0.4, -0.2) is 30.9 Å². The smallest absolute Gasteiger partial charge is 0.262 e. The molecule has 0 saturated heterocycles. The second-order valence-electron chi connectivity index (χ2n) is 5.24. The van der Waals surface area contributed by atoms with Crippen LogP contribution in [0.15, 0.2) is 46.3 Å². The van der Waals surface area contributed by atoms with Crippen molar-refractivity contribution in [3.63, 3.8) is 0 Å². The lowest BCUT2D eigenvalue weighted by atomic mass is 10.3. The number of rotatable bonds is 8. The number of para-hydroxylation sites is 1. The molecule has 0 aliphatic carbocycles. The van der Waals surface area contributed by atoms with Crippen LogP contribution < -0.4 is 16.0 Å². The van der Waals surface area contributed by atoms with E-state index in [0.29, 0.717) is 11.4 Å². The molecule has 0 bridgehead atoms. The number of halogens is 1. The number of carbonyl (C=O) groups excluding carboxylic acids is 2. The van der Waals surface area contributed by atoms with E-state index in [1.54, 1.807) is 13.0 Å². The van der Waals surface area contributed by atoms with E-state index >= 15 is 0 Å². The highest BCUT2D eigenvalue weighted by Crippen LogP contribution is 2.21. The molecule has 2 aromatic rings. The molecule has 0 spiro atoms. The highest BCUT2D eigenvalue weighted by molar-refractivity contribution is 9.11. The number of thiophene rings is 1. The van der Waals surface area contributed by atoms with Crippen molar-refractivity contribution in [2.45, 2.75) is 19.4 Å². The van der Waals surface area contributed by atoms with Gasteiger partial charge in [0.25, 0.3) is 5.91 Å². The van der Waals surface area contributed by atoms with Gasteiger partial charge in [-0.15, -0.1) is 11.3 Å². The van der Waals surface area contributed by atoms with Gasteiger partial charge in [0.15, 0.2) is 0 Å². The molecule has 0 aliphatic rings. The third-order valence-electron chi connectivity index (χ3n) is 3.29. The fourth-order valence-corrected chi connectivity index (χ4v) is 3.30. The maximum Gasteiger partial charge on any atom is 0.262 e. The number of nitrogens with one attached hydrogen (secondary N) is 3. The van der Waals surface area contributed by atoms with Crippen molar-refractivity contribution in [2.24, 2.45) is 0 Å². The molecule has 1 aromatic carbocycles. The van der Waals surface area contributed by atoms with E-state index in [0.717, 1.165) is 22.4 Å². The van der Waals surface area contributed by atoms with Crippen LogP contribution in [0.4, 0.5) is 5.69 Å². The predicted octanol–water partition coefficient (Wildman–Crippen LogP) is 3.25. The molecule has 0 aliphatic heterocycles. The molecule has 1 heterocycles. The van der Waals surface area contributed by atoms with Gasteiger partial charge in [-0.2, -0.15) is 0 Å². The van der Waals surface area contributed by atoms with Gasteiger partial charge in [0.05, 0.1) is 8.66 Å². The number of anilines is 1. The minimum Gasteiger partial charge on any atom is -0.385 e. The summed E-state index contributed by atoms with van der Waals surface area (Å²) in [7, 11) is 0. The van der Waals surface area contributed by atoms with Crippen molar-refractivity contribution in [2.75, 3.05) is 18.4 Å². The first-order chi connectivity index (χ1) is 11.6. The number of hydrogen-bond donors (Lipinski definition) is 3. The van der Waals surface area contributed by atoms with E-state index in [1.807, 2.05) is 36.4 Å². The molecule has 5 nitrogen and oxygen atoms in total. The Morgan fingerprint density at radius 1 is 1.12 bits per heavy atom. The summed E-state index contributed by atoms with van der Waals surface area (Å²) >= 11 is 4.65. The average molecular weight is 410 g/mol. The van der Waals surface area contributed by atoms with Crippen LogP contribution in [0.2, 0.25) is 0 Å². The van der Waals surface area contributed by atoms with Crippen LogP contribution in [0.1, 0.15) is 23.0 Å². The molecule has 2 rings (SSSR count). The molecule has 7 heteroatoms. The Labute approximate surface area is 154 Å². The van der Waals surface area contributed by atoms with Crippen molar-refractivity contribution in [1.29, 1.82) is 0 Å². The average Bonchev–Trinajstić information content (AvgIpc) is 3.02. The molecular formula is C17H20BrN3O2S. The van der Waals surface area contributed by atoms with Gasteiger partial charge < -0.3 is 16.0 Å². The van der Waals surface area contributed by atoms with Crippen molar-refractivity contribution in [3.8, 4) is 0 Å². The van der Waals surface area contributed by atoms with Crippen LogP contribution in [0.3, 0.4) is 0 Å².